The number of esters is 1. The van der Waals surface area contributed by atoms with E-state index in [0.29, 0.717) is 25.9 Å². The third kappa shape index (κ3) is 32.9. The van der Waals surface area contributed by atoms with E-state index in [1.165, 1.54) is 77.0 Å². The predicted octanol–water partition coefficient (Wildman–Crippen LogP) is 10.3. The van der Waals surface area contributed by atoms with Gasteiger partial charge in [-0.15, -0.1) is 0 Å². The van der Waals surface area contributed by atoms with Crippen molar-refractivity contribution in [2.45, 2.75) is 243 Å². The van der Waals surface area contributed by atoms with Crippen molar-refractivity contribution in [1.29, 1.82) is 0 Å². The van der Waals surface area contributed by atoms with Gasteiger partial charge in [0.15, 0.2) is 6.29 Å². The van der Waals surface area contributed by atoms with Gasteiger partial charge < -0.3 is 45.1 Å². The molecule has 1 aliphatic heterocycles. The lowest BCUT2D eigenvalue weighted by Gasteiger charge is -2.40. The van der Waals surface area contributed by atoms with Crippen molar-refractivity contribution in [3.8, 4) is 0 Å². The SMILES string of the molecule is C/C=C/CC/C=C/CC/C=C/C(O)C(COC1OC(CO)C(O)C(O)C1O)NC(=O)CCCCCCC/C=C\CCCCCCCCCOC(=O)CCCCCCC/C=C\CCCC. The van der Waals surface area contributed by atoms with Gasteiger partial charge in [-0.3, -0.25) is 9.59 Å². The van der Waals surface area contributed by atoms with Crippen LogP contribution >= 0.6 is 0 Å². The van der Waals surface area contributed by atoms with E-state index in [2.05, 4.69) is 54.8 Å². The summed E-state index contributed by atoms with van der Waals surface area (Å²) in [5, 5.41) is 54.0. The Morgan fingerprint density at radius 2 is 1.08 bits per heavy atom. The first kappa shape index (κ1) is 59.4. The van der Waals surface area contributed by atoms with Gasteiger partial charge in [-0.25, -0.2) is 0 Å². The standard InChI is InChI=1S/C53H93NO10/c1-3-5-7-9-11-13-20-25-29-33-37-41-49(58)62-42-38-34-30-26-22-19-17-15-14-16-18-21-24-28-32-36-40-48(57)54-45(46(56)39-35-31-27-23-12-10-8-6-4-2)44-63-53-52(61)51(60)50(59)47(43-55)64-53/h4,6,9,11-12,14,16,23,35,39,45-47,50-53,55-56,59-61H,3,5,7-8,10,13,15,17-22,24-34,36-38,40-44H2,1-2H3,(H,54,57)/b6-4+,11-9-,16-14-,23-12+,39-35+. The van der Waals surface area contributed by atoms with Crippen LogP contribution in [0.2, 0.25) is 0 Å². The molecule has 1 saturated heterocycles. The Balaban J connectivity index is 2.14. The van der Waals surface area contributed by atoms with Crippen LogP contribution in [0.25, 0.3) is 0 Å². The molecule has 0 aromatic carbocycles. The van der Waals surface area contributed by atoms with Gasteiger partial charge in [0.25, 0.3) is 0 Å². The smallest absolute Gasteiger partial charge is 0.305 e. The van der Waals surface area contributed by atoms with Gasteiger partial charge in [0.1, 0.15) is 24.4 Å². The van der Waals surface area contributed by atoms with Crippen LogP contribution < -0.4 is 5.32 Å². The lowest BCUT2D eigenvalue weighted by Crippen LogP contribution is -2.60. The molecule has 0 bridgehead atoms. The maximum Gasteiger partial charge on any atom is 0.305 e. The molecule has 1 aliphatic rings. The van der Waals surface area contributed by atoms with Gasteiger partial charge in [0.2, 0.25) is 5.91 Å². The highest BCUT2D eigenvalue weighted by molar-refractivity contribution is 5.76. The second-order valence-electron chi connectivity index (χ2n) is 17.5. The highest BCUT2D eigenvalue weighted by Crippen LogP contribution is 2.22. The molecular weight excluding hydrogens is 811 g/mol. The molecule has 7 unspecified atom stereocenters. The van der Waals surface area contributed by atoms with Gasteiger partial charge in [-0.1, -0.05) is 151 Å². The second kappa shape index (κ2) is 43.0. The molecule has 0 saturated carbocycles. The number of unbranched alkanes of at least 4 members (excludes halogenated alkanes) is 21. The van der Waals surface area contributed by atoms with Crippen LogP contribution in [0.3, 0.4) is 0 Å². The predicted molar refractivity (Wildman–Crippen MR) is 260 cm³/mol. The largest absolute Gasteiger partial charge is 0.466 e. The van der Waals surface area contributed by atoms with Gasteiger partial charge in [-0.2, -0.15) is 0 Å². The molecule has 1 rings (SSSR count). The Bertz CT molecular complexity index is 1250. The minimum Gasteiger partial charge on any atom is -0.466 e. The minimum atomic E-state index is -1.59. The number of carbonyl (C=O) groups is 2. The van der Waals surface area contributed by atoms with E-state index in [4.69, 9.17) is 14.2 Å². The summed E-state index contributed by atoms with van der Waals surface area (Å²) in [4.78, 5) is 24.9. The van der Waals surface area contributed by atoms with Crippen LogP contribution in [0.15, 0.2) is 60.8 Å². The summed E-state index contributed by atoms with van der Waals surface area (Å²) in [5.41, 5.74) is 0. The van der Waals surface area contributed by atoms with Crippen LogP contribution in [0.5, 0.6) is 0 Å². The molecule has 7 atom stereocenters. The van der Waals surface area contributed by atoms with Crippen LogP contribution in [0, 0.1) is 0 Å². The first-order chi connectivity index (χ1) is 31.2. The number of allylic oxidation sites excluding steroid dienone is 9. The first-order valence-electron chi connectivity index (χ1n) is 25.5. The van der Waals surface area contributed by atoms with E-state index in [9.17, 15) is 35.1 Å². The zero-order valence-electron chi connectivity index (χ0n) is 40.2. The summed E-state index contributed by atoms with van der Waals surface area (Å²) in [6, 6.07) is -0.846. The molecule has 0 aliphatic carbocycles. The Morgan fingerprint density at radius 3 is 1.64 bits per heavy atom. The number of aliphatic hydroxyl groups is 5. The van der Waals surface area contributed by atoms with Crippen LogP contribution in [-0.4, -0.2) is 100 Å². The maximum absolute atomic E-state index is 12.9. The van der Waals surface area contributed by atoms with E-state index in [1.807, 2.05) is 19.1 Å². The number of rotatable bonds is 42. The molecule has 1 amide bonds. The Kier molecular flexibility index (Phi) is 39.9. The van der Waals surface area contributed by atoms with Crippen LogP contribution in [-0.2, 0) is 23.8 Å². The van der Waals surface area contributed by atoms with Crippen LogP contribution in [0.1, 0.15) is 200 Å². The minimum absolute atomic E-state index is 0.0349. The molecule has 370 valence electrons. The van der Waals surface area contributed by atoms with Gasteiger partial charge in [0.05, 0.1) is 32.0 Å². The van der Waals surface area contributed by atoms with E-state index >= 15 is 0 Å². The average molecular weight is 904 g/mol. The molecule has 0 aromatic rings. The third-order valence-electron chi connectivity index (χ3n) is 11.6. The van der Waals surface area contributed by atoms with E-state index < -0.39 is 49.5 Å². The second-order valence-corrected chi connectivity index (χ2v) is 17.5. The molecule has 0 radical (unpaired) electrons. The summed E-state index contributed by atoms with van der Waals surface area (Å²) in [5.74, 6) is -0.254. The Labute approximate surface area is 388 Å². The molecule has 0 spiro atoms. The summed E-state index contributed by atoms with van der Waals surface area (Å²) in [6.45, 7) is 3.98. The van der Waals surface area contributed by atoms with Crippen LogP contribution in [0.4, 0.5) is 0 Å². The van der Waals surface area contributed by atoms with Crippen molar-refractivity contribution in [2.24, 2.45) is 0 Å². The molecule has 1 heterocycles. The third-order valence-corrected chi connectivity index (χ3v) is 11.6. The van der Waals surface area contributed by atoms with Crippen molar-refractivity contribution in [3.05, 3.63) is 60.8 Å². The number of amides is 1. The zero-order valence-corrected chi connectivity index (χ0v) is 40.2. The molecule has 0 aromatic heterocycles. The normalized spacial score (nSPS) is 20.4. The summed E-state index contributed by atoms with van der Waals surface area (Å²) in [7, 11) is 0. The fourth-order valence-electron chi connectivity index (χ4n) is 7.50. The lowest BCUT2D eigenvalue weighted by molar-refractivity contribution is -0.302. The molecule has 64 heavy (non-hydrogen) atoms. The van der Waals surface area contributed by atoms with Crippen molar-refractivity contribution in [1.82, 2.24) is 5.32 Å². The van der Waals surface area contributed by atoms with E-state index in [1.54, 1.807) is 6.08 Å². The summed E-state index contributed by atoms with van der Waals surface area (Å²) >= 11 is 0. The highest BCUT2D eigenvalue weighted by Gasteiger charge is 2.44. The fraction of sp³-hybridized carbons (Fsp3) is 0.774. The molecular formula is C53H93NO10. The van der Waals surface area contributed by atoms with Gasteiger partial charge >= 0.3 is 5.97 Å². The fourth-order valence-corrected chi connectivity index (χ4v) is 7.50. The number of aliphatic hydroxyl groups excluding tert-OH is 5. The monoisotopic (exact) mass is 904 g/mol. The highest BCUT2D eigenvalue weighted by atomic mass is 16.7. The number of carbonyl (C=O) groups excluding carboxylic acids is 2. The number of nitrogens with one attached hydrogen (secondary N) is 1. The lowest BCUT2D eigenvalue weighted by atomic mass is 9.99. The summed E-state index contributed by atoms with van der Waals surface area (Å²) in [6.07, 6.45) is 43.3. The number of hydrogen-bond donors (Lipinski definition) is 6. The molecule has 11 heteroatoms. The molecule has 11 nitrogen and oxygen atoms in total. The van der Waals surface area contributed by atoms with Crippen molar-refractivity contribution in [3.63, 3.8) is 0 Å². The number of ether oxygens (including phenoxy) is 3. The van der Waals surface area contributed by atoms with E-state index in [0.717, 1.165) is 89.9 Å². The van der Waals surface area contributed by atoms with Gasteiger partial charge in [0, 0.05) is 12.8 Å². The van der Waals surface area contributed by atoms with E-state index in [-0.39, 0.29) is 18.5 Å². The molecule has 1 fully saturated rings. The average Bonchev–Trinajstić information content (AvgIpc) is 3.29. The zero-order chi connectivity index (χ0) is 46.7. The van der Waals surface area contributed by atoms with Crippen molar-refractivity contribution >= 4 is 11.9 Å². The first-order valence-corrected chi connectivity index (χ1v) is 25.5. The molecule has 6 N–H and O–H groups in total. The van der Waals surface area contributed by atoms with Crippen molar-refractivity contribution < 1.29 is 49.3 Å². The number of hydrogen-bond acceptors (Lipinski definition) is 10. The summed E-state index contributed by atoms with van der Waals surface area (Å²) < 4.78 is 16.6. The Morgan fingerprint density at radius 1 is 0.594 bits per heavy atom. The topological polar surface area (TPSA) is 175 Å². The maximum atomic E-state index is 12.9. The quantitative estimate of drug-likeness (QED) is 0.0197. The Hall–Kier alpha value is -2.64. The van der Waals surface area contributed by atoms with Crippen molar-refractivity contribution in [2.75, 3.05) is 19.8 Å². The van der Waals surface area contributed by atoms with Gasteiger partial charge in [-0.05, 0) is 96.8 Å².